The van der Waals surface area contributed by atoms with Gasteiger partial charge in [-0.25, -0.2) is 4.39 Å². The molecule has 0 unspecified atom stereocenters. The molecule has 0 atom stereocenters. The summed E-state index contributed by atoms with van der Waals surface area (Å²) in [5.74, 6) is -4.70. The molecule has 114 valence electrons. The lowest BCUT2D eigenvalue weighted by Gasteiger charge is -2.20. The number of rotatable bonds is 6. The number of carboxylic acids is 1. The highest BCUT2D eigenvalue weighted by Gasteiger charge is 2.25. The van der Waals surface area contributed by atoms with E-state index in [-0.39, 0.29) is 25.6 Å². The zero-order valence-corrected chi connectivity index (χ0v) is 11.0. The molecule has 0 saturated carbocycles. The topological polar surface area (TPSA) is 101 Å². The fourth-order valence-corrected chi connectivity index (χ4v) is 1.65. The van der Waals surface area contributed by atoms with Crippen molar-refractivity contribution in [3.63, 3.8) is 0 Å². The molecule has 9 heteroatoms. The summed E-state index contributed by atoms with van der Waals surface area (Å²) in [7, 11) is 0. The summed E-state index contributed by atoms with van der Waals surface area (Å²) in [5.41, 5.74) is -1.69. The van der Waals surface area contributed by atoms with Gasteiger partial charge in [0.1, 0.15) is 5.82 Å². The molecule has 0 aliphatic rings. The van der Waals surface area contributed by atoms with E-state index in [1.165, 1.54) is 6.92 Å². The Hall–Kier alpha value is -2.58. The van der Waals surface area contributed by atoms with Crippen LogP contribution in [0.5, 0.6) is 0 Å². The number of hydrogen-bond donors (Lipinski definition) is 1. The number of carboxylic acid groups (broad SMARTS) is 1. The summed E-state index contributed by atoms with van der Waals surface area (Å²) in [6.07, 6.45) is -0.357. The minimum Gasteiger partial charge on any atom is -0.481 e. The average molecular weight is 302 g/mol. The third-order valence-electron chi connectivity index (χ3n) is 2.73. The molecule has 0 bridgehead atoms. The predicted octanol–water partition coefficient (Wildman–Crippen LogP) is 1.81. The SMILES string of the molecule is CCN(CCC(=O)O)C(=O)c1cc([N+](=O)[O-])c(F)cc1F. The fraction of sp³-hybridized carbons (Fsp3) is 0.333. The Labute approximate surface area is 117 Å². The summed E-state index contributed by atoms with van der Waals surface area (Å²) in [5, 5.41) is 19.2. The molecule has 1 amide bonds. The lowest BCUT2D eigenvalue weighted by molar-refractivity contribution is -0.387. The minimum atomic E-state index is -1.39. The quantitative estimate of drug-likeness (QED) is 0.638. The third kappa shape index (κ3) is 3.94. The van der Waals surface area contributed by atoms with Crippen molar-refractivity contribution in [3.05, 3.63) is 39.4 Å². The van der Waals surface area contributed by atoms with E-state index in [1.54, 1.807) is 0 Å². The zero-order valence-electron chi connectivity index (χ0n) is 11.0. The normalized spacial score (nSPS) is 10.2. The van der Waals surface area contributed by atoms with E-state index in [9.17, 15) is 28.5 Å². The van der Waals surface area contributed by atoms with Crippen LogP contribution in [0.25, 0.3) is 0 Å². The highest BCUT2D eigenvalue weighted by Crippen LogP contribution is 2.22. The highest BCUT2D eigenvalue weighted by molar-refractivity contribution is 5.95. The maximum atomic E-state index is 13.6. The van der Waals surface area contributed by atoms with Crippen molar-refractivity contribution in [3.8, 4) is 0 Å². The van der Waals surface area contributed by atoms with Gasteiger partial charge < -0.3 is 10.0 Å². The second-order valence-corrected chi connectivity index (χ2v) is 4.07. The molecule has 0 aliphatic heterocycles. The van der Waals surface area contributed by atoms with E-state index >= 15 is 0 Å². The van der Waals surface area contributed by atoms with E-state index in [2.05, 4.69) is 0 Å². The summed E-state index contributed by atoms with van der Waals surface area (Å²) in [6, 6.07) is 0.771. The number of nitro groups is 1. The van der Waals surface area contributed by atoms with Crippen LogP contribution < -0.4 is 0 Å². The van der Waals surface area contributed by atoms with E-state index in [1.807, 2.05) is 0 Å². The molecule has 0 aliphatic carbocycles. The first kappa shape index (κ1) is 16.5. The monoisotopic (exact) mass is 302 g/mol. The molecule has 0 spiro atoms. The van der Waals surface area contributed by atoms with Crippen LogP contribution in [0.3, 0.4) is 0 Å². The van der Waals surface area contributed by atoms with Gasteiger partial charge in [-0.3, -0.25) is 19.7 Å². The van der Waals surface area contributed by atoms with Crippen molar-refractivity contribution in [2.24, 2.45) is 0 Å². The number of halogens is 2. The van der Waals surface area contributed by atoms with Gasteiger partial charge in [0.2, 0.25) is 5.82 Å². The number of amides is 1. The van der Waals surface area contributed by atoms with Crippen molar-refractivity contribution >= 4 is 17.6 Å². The highest BCUT2D eigenvalue weighted by atomic mass is 19.1. The standard InChI is InChI=1S/C12H12F2N2O5/c1-2-15(4-3-11(17)18)12(19)7-5-10(16(20)21)9(14)6-8(7)13/h5-6H,2-4H2,1H3,(H,17,18). The van der Waals surface area contributed by atoms with Crippen molar-refractivity contribution in [2.45, 2.75) is 13.3 Å². The van der Waals surface area contributed by atoms with Crippen LogP contribution in [0.4, 0.5) is 14.5 Å². The van der Waals surface area contributed by atoms with Crippen LogP contribution in [0, 0.1) is 21.7 Å². The van der Waals surface area contributed by atoms with Crippen molar-refractivity contribution in [2.75, 3.05) is 13.1 Å². The Kier molecular flexibility index (Phi) is 5.28. The molecule has 0 fully saturated rings. The van der Waals surface area contributed by atoms with E-state index in [0.717, 1.165) is 4.90 Å². The second-order valence-electron chi connectivity index (χ2n) is 4.07. The average Bonchev–Trinajstić information content (AvgIpc) is 2.38. The minimum absolute atomic E-state index is 0.0801. The summed E-state index contributed by atoms with van der Waals surface area (Å²) in [6.45, 7) is 1.43. The lowest BCUT2D eigenvalue weighted by Crippen LogP contribution is -2.33. The molecule has 0 heterocycles. The molecule has 7 nitrogen and oxygen atoms in total. The van der Waals surface area contributed by atoms with Crippen molar-refractivity contribution < 1.29 is 28.4 Å². The van der Waals surface area contributed by atoms with Gasteiger partial charge in [-0.05, 0) is 6.92 Å². The first-order valence-electron chi connectivity index (χ1n) is 5.92. The molecular weight excluding hydrogens is 290 g/mol. The van der Waals surface area contributed by atoms with Crippen molar-refractivity contribution in [1.82, 2.24) is 4.90 Å². The number of nitro benzene ring substituents is 1. The van der Waals surface area contributed by atoms with Gasteiger partial charge in [-0.15, -0.1) is 0 Å². The van der Waals surface area contributed by atoms with Crippen LogP contribution in [0.2, 0.25) is 0 Å². The number of benzene rings is 1. The van der Waals surface area contributed by atoms with Crippen LogP contribution in [-0.4, -0.2) is 39.9 Å². The Morgan fingerprint density at radius 3 is 2.43 bits per heavy atom. The largest absolute Gasteiger partial charge is 0.481 e. The molecule has 0 radical (unpaired) electrons. The van der Waals surface area contributed by atoms with E-state index in [4.69, 9.17) is 5.11 Å². The maximum Gasteiger partial charge on any atom is 0.305 e. The van der Waals surface area contributed by atoms with Gasteiger partial charge in [0.05, 0.1) is 16.9 Å². The van der Waals surface area contributed by atoms with Crippen LogP contribution in [0.15, 0.2) is 12.1 Å². The summed E-state index contributed by atoms with van der Waals surface area (Å²) >= 11 is 0. The molecule has 1 N–H and O–H groups in total. The molecule has 1 aromatic carbocycles. The number of carbonyl (C=O) groups is 2. The third-order valence-corrected chi connectivity index (χ3v) is 2.73. The summed E-state index contributed by atoms with van der Waals surface area (Å²) in [4.78, 5) is 33.1. The predicted molar refractivity (Wildman–Crippen MR) is 66.8 cm³/mol. The second kappa shape index (κ2) is 6.73. The van der Waals surface area contributed by atoms with Gasteiger partial charge in [-0.1, -0.05) is 0 Å². The van der Waals surface area contributed by atoms with E-state index < -0.39 is 39.7 Å². The Morgan fingerprint density at radius 1 is 1.33 bits per heavy atom. The molecular formula is C12H12F2N2O5. The van der Waals surface area contributed by atoms with Crippen molar-refractivity contribution in [1.29, 1.82) is 0 Å². The first-order valence-corrected chi connectivity index (χ1v) is 5.92. The fourth-order valence-electron chi connectivity index (χ4n) is 1.65. The number of nitrogens with zero attached hydrogens (tertiary/aromatic N) is 2. The van der Waals surface area contributed by atoms with Gasteiger partial charge in [-0.2, -0.15) is 4.39 Å². The van der Waals surface area contributed by atoms with Gasteiger partial charge >= 0.3 is 11.7 Å². The van der Waals surface area contributed by atoms with Gasteiger partial charge in [0.15, 0.2) is 0 Å². The summed E-state index contributed by atoms with van der Waals surface area (Å²) < 4.78 is 26.8. The lowest BCUT2D eigenvalue weighted by atomic mass is 10.1. The Balaban J connectivity index is 3.13. The zero-order chi connectivity index (χ0) is 16.2. The van der Waals surface area contributed by atoms with Gasteiger partial charge in [0, 0.05) is 25.2 Å². The molecule has 21 heavy (non-hydrogen) atoms. The van der Waals surface area contributed by atoms with E-state index in [0.29, 0.717) is 6.07 Å². The molecule has 1 aromatic rings. The number of carbonyl (C=O) groups excluding carboxylic acids is 1. The first-order chi connectivity index (χ1) is 9.77. The van der Waals surface area contributed by atoms with Crippen LogP contribution >= 0.6 is 0 Å². The molecule has 1 rings (SSSR count). The molecule has 0 saturated heterocycles. The van der Waals surface area contributed by atoms with Crippen LogP contribution in [0.1, 0.15) is 23.7 Å². The Morgan fingerprint density at radius 2 is 1.95 bits per heavy atom. The smallest absolute Gasteiger partial charge is 0.305 e. The number of hydrogen-bond acceptors (Lipinski definition) is 4. The maximum absolute atomic E-state index is 13.6. The van der Waals surface area contributed by atoms with Gasteiger partial charge in [0.25, 0.3) is 5.91 Å². The Bertz CT molecular complexity index is 591. The molecule has 0 aromatic heterocycles. The number of aliphatic carboxylic acids is 1. The van der Waals surface area contributed by atoms with Crippen LogP contribution in [-0.2, 0) is 4.79 Å².